The minimum Gasteiger partial charge on any atom is -0.507 e. The van der Waals surface area contributed by atoms with Gasteiger partial charge in [-0.25, -0.2) is 0 Å². The van der Waals surface area contributed by atoms with Crippen molar-refractivity contribution in [1.29, 1.82) is 0 Å². The molecule has 0 saturated heterocycles. The van der Waals surface area contributed by atoms with Crippen LogP contribution in [0.15, 0.2) is 194 Å². The highest BCUT2D eigenvalue weighted by molar-refractivity contribution is 6.09. The molecule has 5 heteroatoms. The maximum absolute atomic E-state index is 10.6. The summed E-state index contributed by atoms with van der Waals surface area (Å²) in [7, 11) is 0. The summed E-state index contributed by atoms with van der Waals surface area (Å²) in [5, 5.41) is 49.7. The first kappa shape index (κ1) is 50.4. The van der Waals surface area contributed by atoms with Gasteiger partial charge in [-0.05, 0) is 134 Å². The summed E-state index contributed by atoms with van der Waals surface area (Å²) in [6.45, 7) is 23.1. The maximum atomic E-state index is 10.6. The molecule has 5 N–H and O–H groups in total. The molecule has 0 aromatic heterocycles. The van der Waals surface area contributed by atoms with Crippen LogP contribution >= 0.6 is 0 Å². The minimum absolute atomic E-state index is 0.0719. The second kappa shape index (κ2) is 20.8. The number of anilines is 1. The van der Waals surface area contributed by atoms with Gasteiger partial charge in [-0.2, -0.15) is 0 Å². The quantitative estimate of drug-likeness (QED) is 0.0364. The molecule has 72 heavy (non-hydrogen) atoms. The molecule has 0 spiro atoms. The number of benzene rings is 8. The van der Waals surface area contributed by atoms with Crippen molar-refractivity contribution in [1.82, 2.24) is 0 Å². The Bertz CT molecular complexity index is 3430. The van der Waals surface area contributed by atoms with E-state index < -0.39 is 17.2 Å². The molecule has 9 rings (SSSR count). The Kier molecular flexibility index (Phi) is 14.5. The molecule has 0 aliphatic heterocycles. The van der Waals surface area contributed by atoms with E-state index in [0.717, 1.165) is 34.4 Å². The van der Waals surface area contributed by atoms with Crippen molar-refractivity contribution in [2.45, 2.75) is 85.5 Å². The van der Waals surface area contributed by atoms with Gasteiger partial charge in [0.15, 0.2) is 11.5 Å². The number of hydrogen-bond donors (Lipinski definition) is 5. The third kappa shape index (κ3) is 9.47. The molecule has 1 atom stereocenters. The van der Waals surface area contributed by atoms with Crippen LogP contribution in [0.2, 0.25) is 0 Å². The minimum atomic E-state index is -0.655. The number of phenols is 4. The molecule has 0 bridgehead atoms. The van der Waals surface area contributed by atoms with Gasteiger partial charge < -0.3 is 25.7 Å². The molecule has 1 unspecified atom stereocenters. The number of allylic oxidation sites excluding steroid dienone is 7. The number of phenolic OH excluding ortho intramolecular Hbond substituents is 4. The number of rotatable bonds is 12. The average molecular weight is 950 g/mol. The smallest absolute Gasteiger partial charge is 0.201 e. The highest BCUT2D eigenvalue weighted by atomic mass is 16.3. The fourth-order valence-electron chi connectivity index (χ4n) is 10.7. The highest BCUT2D eigenvalue weighted by Crippen LogP contribution is 2.53. The topological polar surface area (TPSA) is 93.0 Å². The van der Waals surface area contributed by atoms with Crippen molar-refractivity contribution >= 4 is 33.3 Å². The molecular weight excluding hydrogens is 883 g/mol. The lowest BCUT2D eigenvalue weighted by Crippen LogP contribution is -2.21. The maximum Gasteiger partial charge on any atom is 0.201 e. The molecule has 0 saturated carbocycles. The number of fused-ring (bicyclic) bond motifs is 4. The molecule has 8 aromatic carbocycles. The van der Waals surface area contributed by atoms with Gasteiger partial charge in [0.1, 0.15) is 5.75 Å². The summed E-state index contributed by atoms with van der Waals surface area (Å²) in [6, 6.07) is 49.3. The standard InChI is InChI=1S/C65H61NO4.C2H6/c1-9-14-50(15-10-2)64(5,6)57-36-42(20-19-40(57)3)37-58-55(54-16-11-12-18-56(54)65(58,7)8)17-13-35-66-51-32-34-53-49(39-51)30-29-48-38-47(31-33-52(48)53)45-23-21-43(22-24-45)44-25-27-46(28-26-44)59-60(67)41(4)61(68)63(70)62(59)69;1-2/h9-16,18-39,55,66-70H,1,17H2,2-8H3;1-2H3/b15-10-,35-13+,50-14+,58-37+;. The second-order valence-corrected chi connectivity index (χ2v) is 19.7. The van der Waals surface area contributed by atoms with Crippen LogP contribution in [0.25, 0.3) is 61.0 Å². The molecular formula is C67H67NO4. The van der Waals surface area contributed by atoms with Gasteiger partial charge in [0.25, 0.3) is 0 Å². The van der Waals surface area contributed by atoms with Crippen molar-refractivity contribution in [3.63, 3.8) is 0 Å². The van der Waals surface area contributed by atoms with Crippen molar-refractivity contribution in [3.8, 4) is 56.4 Å². The molecule has 0 amide bonds. The van der Waals surface area contributed by atoms with Gasteiger partial charge >= 0.3 is 0 Å². The summed E-state index contributed by atoms with van der Waals surface area (Å²) < 4.78 is 0. The Labute approximate surface area is 426 Å². The molecule has 0 radical (unpaired) electrons. The van der Waals surface area contributed by atoms with Gasteiger partial charge in [0, 0.05) is 28.0 Å². The predicted molar refractivity (Wildman–Crippen MR) is 305 cm³/mol. The van der Waals surface area contributed by atoms with Gasteiger partial charge in [-0.1, -0.05) is 211 Å². The van der Waals surface area contributed by atoms with Crippen molar-refractivity contribution in [3.05, 3.63) is 227 Å². The van der Waals surface area contributed by atoms with Crippen LogP contribution in [0.5, 0.6) is 23.0 Å². The van der Waals surface area contributed by atoms with E-state index in [-0.39, 0.29) is 33.6 Å². The molecule has 5 nitrogen and oxygen atoms in total. The van der Waals surface area contributed by atoms with Gasteiger partial charge in [-0.15, -0.1) is 0 Å². The predicted octanol–water partition coefficient (Wildman–Crippen LogP) is 17.9. The fourth-order valence-corrected chi connectivity index (χ4v) is 10.7. The van der Waals surface area contributed by atoms with E-state index in [1.54, 1.807) is 12.1 Å². The van der Waals surface area contributed by atoms with Crippen LogP contribution in [-0.4, -0.2) is 20.4 Å². The van der Waals surface area contributed by atoms with E-state index >= 15 is 0 Å². The van der Waals surface area contributed by atoms with Crippen molar-refractivity contribution < 1.29 is 20.4 Å². The number of hydrogen-bond acceptors (Lipinski definition) is 5. The molecule has 0 fully saturated rings. The monoisotopic (exact) mass is 950 g/mol. The molecule has 364 valence electrons. The van der Waals surface area contributed by atoms with E-state index in [1.807, 2.05) is 32.1 Å². The van der Waals surface area contributed by atoms with E-state index in [1.165, 1.54) is 67.4 Å². The molecule has 8 aromatic rings. The van der Waals surface area contributed by atoms with Gasteiger partial charge in [-0.3, -0.25) is 0 Å². The Hall–Kier alpha value is -8.02. The van der Waals surface area contributed by atoms with Gasteiger partial charge in [0.05, 0.1) is 5.56 Å². The molecule has 1 aliphatic rings. The molecule has 1 aliphatic carbocycles. The van der Waals surface area contributed by atoms with Crippen LogP contribution in [0.4, 0.5) is 5.69 Å². The Morgan fingerprint density at radius 2 is 1.26 bits per heavy atom. The molecule has 0 heterocycles. The first-order chi connectivity index (χ1) is 34.6. The number of nitrogens with one attached hydrogen (secondary N) is 1. The van der Waals surface area contributed by atoms with E-state index in [0.29, 0.717) is 5.56 Å². The largest absolute Gasteiger partial charge is 0.507 e. The summed E-state index contributed by atoms with van der Waals surface area (Å²) in [5.41, 5.74) is 14.9. The highest BCUT2D eigenvalue weighted by Gasteiger charge is 2.40. The van der Waals surface area contributed by atoms with E-state index in [9.17, 15) is 20.4 Å². The lowest BCUT2D eigenvalue weighted by molar-refractivity contribution is 0.360. The normalized spacial score (nSPS) is 15.0. The van der Waals surface area contributed by atoms with Crippen LogP contribution < -0.4 is 5.32 Å². The van der Waals surface area contributed by atoms with E-state index in [4.69, 9.17) is 0 Å². The first-order valence-electron chi connectivity index (χ1n) is 25.1. The Morgan fingerprint density at radius 1 is 0.667 bits per heavy atom. The second-order valence-electron chi connectivity index (χ2n) is 19.7. The van der Waals surface area contributed by atoms with Crippen molar-refractivity contribution in [2.24, 2.45) is 0 Å². The third-order valence-electron chi connectivity index (χ3n) is 14.7. The zero-order valence-electron chi connectivity index (χ0n) is 43.1. The van der Waals surface area contributed by atoms with Gasteiger partial charge in [0.2, 0.25) is 5.75 Å². The fraction of sp³-hybridized carbons (Fsp3) is 0.194. The van der Waals surface area contributed by atoms with Crippen LogP contribution in [0.3, 0.4) is 0 Å². The number of aryl methyl sites for hydroxylation is 1. The summed E-state index contributed by atoms with van der Waals surface area (Å²) >= 11 is 0. The van der Waals surface area contributed by atoms with E-state index in [2.05, 4.69) is 205 Å². The zero-order chi connectivity index (χ0) is 51.5. The third-order valence-corrected chi connectivity index (χ3v) is 14.7. The first-order valence-corrected chi connectivity index (χ1v) is 25.1. The Morgan fingerprint density at radius 3 is 1.92 bits per heavy atom. The SMILES string of the molecule is C=C/C=C(\C=C/C)C(C)(C)c1cc(/C=C2\C(C/C=C/Nc3ccc4c(ccc5cc(-c6ccc(-c7ccc(-c8c(O)c(C)c(O)c(O)c8O)cc7)cc6)ccc54)c3)c3ccccc3C2(C)C)ccc1C.CC. The van der Waals surface area contributed by atoms with Crippen LogP contribution in [0.1, 0.15) is 94.2 Å². The average Bonchev–Trinajstić information content (AvgIpc) is 3.61. The Balaban J connectivity index is 0.00000342. The summed E-state index contributed by atoms with van der Waals surface area (Å²) in [6.07, 6.45) is 16.0. The zero-order valence-corrected chi connectivity index (χ0v) is 43.1. The van der Waals surface area contributed by atoms with Crippen molar-refractivity contribution in [2.75, 3.05) is 5.32 Å². The summed E-state index contributed by atoms with van der Waals surface area (Å²) in [4.78, 5) is 0. The number of aromatic hydroxyl groups is 4. The lowest BCUT2D eigenvalue weighted by Gasteiger charge is -2.30. The van der Waals surface area contributed by atoms with Crippen LogP contribution in [0, 0.1) is 13.8 Å². The van der Waals surface area contributed by atoms with Crippen LogP contribution in [-0.2, 0) is 10.8 Å². The summed E-state index contributed by atoms with van der Waals surface area (Å²) in [5.74, 6) is -1.79. The lowest BCUT2D eigenvalue weighted by atomic mass is 9.74.